The molecule has 0 atom stereocenters. The van der Waals surface area contributed by atoms with E-state index in [1.54, 1.807) is 0 Å². The molecule has 1 aliphatic heterocycles. The highest BCUT2D eigenvalue weighted by molar-refractivity contribution is 5.94. The highest BCUT2D eigenvalue weighted by Gasteiger charge is 2.16. The van der Waals surface area contributed by atoms with Crippen LogP contribution >= 0.6 is 0 Å². The van der Waals surface area contributed by atoms with Crippen LogP contribution < -0.4 is 5.32 Å². The topological polar surface area (TPSA) is 32.3 Å². The van der Waals surface area contributed by atoms with Crippen LogP contribution in [0.15, 0.2) is 30.3 Å². The van der Waals surface area contributed by atoms with Crippen LogP contribution in [0.2, 0.25) is 0 Å². The van der Waals surface area contributed by atoms with Crippen LogP contribution in [0.3, 0.4) is 0 Å². The van der Waals surface area contributed by atoms with Crippen LogP contribution in [-0.4, -0.2) is 37.0 Å². The molecule has 0 bridgehead atoms. The molecule has 15 heavy (non-hydrogen) atoms. The summed E-state index contributed by atoms with van der Waals surface area (Å²) in [5.41, 5.74) is 0.791. The number of nitrogens with zero attached hydrogens (tertiary/aromatic N) is 1. The summed E-state index contributed by atoms with van der Waals surface area (Å²) in [5.74, 6) is 0.152. The Kier molecular flexibility index (Phi) is 3.35. The summed E-state index contributed by atoms with van der Waals surface area (Å²) in [5, 5.41) is 3.29. The Hall–Kier alpha value is -1.35. The normalized spacial score (nSPS) is 17.2. The third kappa shape index (κ3) is 2.57. The SMILES string of the molecule is O=C(c1ccccc1)N1CCCNCC1. The Morgan fingerprint density at radius 2 is 1.93 bits per heavy atom. The first kappa shape index (κ1) is 10.2. The van der Waals surface area contributed by atoms with Gasteiger partial charge in [0.1, 0.15) is 0 Å². The number of hydrogen-bond acceptors (Lipinski definition) is 2. The number of amides is 1. The summed E-state index contributed by atoms with van der Waals surface area (Å²) in [6.45, 7) is 3.59. The lowest BCUT2D eigenvalue weighted by Crippen LogP contribution is -2.34. The van der Waals surface area contributed by atoms with E-state index in [1.807, 2.05) is 35.2 Å². The standard InChI is InChI=1S/C12H16N2O/c15-12(11-5-2-1-3-6-11)14-9-4-7-13-8-10-14/h1-3,5-6,13H,4,7-10H2. The van der Waals surface area contributed by atoms with Crippen molar-refractivity contribution in [2.75, 3.05) is 26.2 Å². The van der Waals surface area contributed by atoms with Gasteiger partial charge >= 0.3 is 0 Å². The van der Waals surface area contributed by atoms with Crippen LogP contribution in [0.4, 0.5) is 0 Å². The van der Waals surface area contributed by atoms with Crippen LogP contribution in [0, 0.1) is 0 Å². The Morgan fingerprint density at radius 1 is 1.13 bits per heavy atom. The van der Waals surface area contributed by atoms with Gasteiger partial charge in [-0.1, -0.05) is 18.2 Å². The lowest BCUT2D eigenvalue weighted by Gasteiger charge is -2.19. The van der Waals surface area contributed by atoms with Gasteiger partial charge in [-0.3, -0.25) is 4.79 Å². The van der Waals surface area contributed by atoms with Gasteiger partial charge in [-0.15, -0.1) is 0 Å². The third-order valence-corrected chi connectivity index (χ3v) is 2.65. The molecule has 1 aliphatic rings. The van der Waals surface area contributed by atoms with E-state index >= 15 is 0 Å². The van der Waals surface area contributed by atoms with Gasteiger partial charge < -0.3 is 10.2 Å². The van der Waals surface area contributed by atoms with Crippen molar-refractivity contribution >= 4 is 5.91 Å². The van der Waals surface area contributed by atoms with E-state index in [4.69, 9.17) is 0 Å². The van der Waals surface area contributed by atoms with Crippen molar-refractivity contribution in [1.82, 2.24) is 10.2 Å². The fraction of sp³-hybridized carbons (Fsp3) is 0.417. The van der Waals surface area contributed by atoms with E-state index in [9.17, 15) is 4.79 Å². The largest absolute Gasteiger partial charge is 0.337 e. The molecule has 1 amide bonds. The minimum absolute atomic E-state index is 0.152. The van der Waals surface area contributed by atoms with Gasteiger partial charge in [0.25, 0.3) is 5.91 Å². The van der Waals surface area contributed by atoms with E-state index in [1.165, 1.54) is 0 Å². The van der Waals surface area contributed by atoms with Gasteiger partial charge in [0.2, 0.25) is 0 Å². The number of benzene rings is 1. The van der Waals surface area contributed by atoms with Crippen molar-refractivity contribution in [1.29, 1.82) is 0 Å². The quantitative estimate of drug-likeness (QED) is 0.743. The molecular weight excluding hydrogens is 188 g/mol. The molecule has 1 saturated heterocycles. The lowest BCUT2D eigenvalue weighted by atomic mass is 10.2. The van der Waals surface area contributed by atoms with E-state index in [-0.39, 0.29) is 5.91 Å². The van der Waals surface area contributed by atoms with E-state index in [2.05, 4.69) is 5.32 Å². The van der Waals surface area contributed by atoms with Crippen molar-refractivity contribution in [2.45, 2.75) is 6.42 Å². The molecule has 0 spiro atoms. The first-order valence-corrected chi connectivity index (χ1v) is 5.43. The van der Waals surface area contributed by atoms with Gasteiger partial charge in [0.05, 0.1) is 0 Å². The maximum atomic E-state index is 12.1. The molecule has 0 aromatic heterocycles. The molecule has 1 heterocycles. The number of carbonyl (C=O) groups excluding carboxylic acids is 1. The van der Waals surface area contributed by atoms with Crippen LogP contribution in [0.25, 0.3) is 0 Å². The average Bonchev–Trinajstić information content (AvgIpc) is 2.58. The Balaban J connectivity index is 2.06. The molecule has 3 nitrogen and oxygen atoms in total. The van der Waals surface area contributed by atoms with Gasteiger partial charge in [-0.25, -0.2) is 0 Å². The highest BCUT2D eigenvalue weighted by Crippen LogP contribution is 2.06. The first-order valence-electron chi connectivity index (χ1n) is 5.43. The second kappa shape index (κ2) is 4.94. The van der Waals surface area contributed by atoms with Gasteiger partial charge in [-0.2, -0.15) is 0 Å². The summed E-state index contributed by atoms with van der Waals surface area (Å²) in [6.07, 6.45) is 1.04. The molecule has 0 radical (unpaired) electrons. The van der Waals surface area contributed by atoms with Crippen molar-refractivity contribution in [3.8, 4) is 0 Å². The third-order valence-electron chi connectivity index (χ3n) is 2.65. The maximum absolute atomic E-state index is 12.1. The molecule has 2 rings (SSSR count). The molecule has 0 unspecified atom stereocenters. The molecule has 0 saturated carbocycles. The number of rotatable bonds is 1. The number of carbonyl (C=O) groups is 1. The number of nitrogens with one attached hydrogen (secondary N) is 1. The van der Waals surface area contributed by atoms with Gasteiger partial charge in [-0.05, 0) is 25.1 Å². The summed E-state index contributed by atoms with van der Waals surface area (Å²) >= 11 is 0. The monoisotopic (exact) mass is 204 g/mol. The van der Waals surface area contributed by atoms with Crippen molar-refractivity contribution in [3.63, 3.8) is 0 Å². The predicted molar refractivity (Wildman–Crippen MR) is 59.8 cm³/mol. The van der Waals surface area contributed by atoms with Gasteiger partial charge in [0, 0.05) is 25.2 Å². The Bertz CT molecular complexity index is 316. The molecule has 3 heteroatoms. The molecule has 1 aromatic rings. The van der Waals surface area contributed by atoms with E-state index in [0.29, 0.717) is 0 Å². The second-order valence-electron chi connectivity index (χ2n) is 3.76. The summed E-state index contributed by atoms with van der Waals surface area (Å²) < 4.78 is 0. The molecule has 1 aromatic carbocycles. The number of hydrogen-bond donors (Lipinski definition) is 1. The van der Waals surface area contributed by atoms with Crippen molar-refractivity contribution < 1.29 is 4.79 Å². The molecule has 1 fully saturated rings. The average molecular weight is 204 g/mol. The minimum Gasteiger partial charge on any atom is -0.337 e. The van der Waals surface area contributed by atoms with Crippen molar-refractivity contribution in [3.05, 3.63) is 35.9 Å². The lowest BCUT2D eigenvalue weighted by molar-refractivity contribution is 0.0766. The first-order chi connectivity index (χ1) is 7.38. The Morgan fingerprint density at radius 3 is 2.73 bits per heavy atom. The fourth-order valence-electron chi connectivity index (χ4n) is 1.81. The Labute approximate surface area is 90.1 Å². The molecule has 0 aliphatic carbocycles. The fourth-order valence-corrected chi connectivity index (χ4v) is 1.81. The maximum Gasteiger partial charge on any atom is 0.253 e. The molecule has 80 valence electrons. The molecule has 1 N–H and O–H groups in total. The highest BCUT2D eigenvalue weighted by atomic mass is 16.2. The van der Waals surface area contributed by atoms with Gasteiger partial charge in [0.15, 0.2) is 0 Å². The van der Waals surface area contributed by atoms with E-state index in [0.717, 1.165) is 38.2 Å². The summed E-state index contributed by atoms with van der Waals surface area (Å²) in [4.78, 5) is 14.0. The van der Waals surface area contributed by atoms with E-state index < -0.39 is 0 Å². The molecular formula is C12H16N2O. The summed E-state index contributed by atoms with van der Waals surface area (Å²) in [6, 6.07) is 9.49. The van der Waals surface area contributed by atoms with Crippen LogP contribution in [0.5, 0.6) is 0 Å². The second-order valence-corrected chi connectivity index (χ2v) is 3.76. The predicted octanol–water partition coefficient (Wildman–Crippen LogP) is 1.12. The van der Waals surface area contributed by atoms with Crippen LogP contribution in [-0.2, 0) is 0 Å². The summed E-state index contributed by atoms with van der Waals surface area (Å²) in [7, 11) is 0. The van der Waals surface area contributed by atoms with Crippen molar-refractivity contribution in [2.24, 2.45) is 0 Å². The zero-order valence-corrected chi connectivity index (χ0v) is 8.78. The van der Waals surface area contributed by atoms with Crippen LogP contribution in [0.1, 0.15) is 16.8 Å². The zero-order chi connectivity index (χ0) is 10.5. The smallest absolute Gasteiger partial charge is 0.253 e. The minimum atomic E-state index is 0.152. The zero-order valence-electron chi connectivity index (χ0n) is 8.78.